The molecular weight excluding hydrogens is 292 g/mol. The number of hydrogen-bond acceptors (Lipinski definition) is 3. The molecule has 0 spiro atoms. The van der Waals surface area contributed by atoms with E-state index in [1.165, 1.54) is 0 Å². The maximum absolute atomic E-state index is 12.3. The van der Waals surface area contributed by atoms with Gasteiger partial charge < -0.3 is 10.2 Å². The van der Waals surface area contributed by atoms with Crippen molar-refractivity contribution in [3.8, 4) is 0 Å². The van der Waals surface area contributed by atoms with Gasteiger partial charge in [0.25, 0.3) is 0 Å². The van der Waals surface area contributed by atoms with Crippen molar-refractivity contribution in [2.24, 2.45) is 0 Å². The van der Waals surface area contributed by atoms with Crippen LogP contribution in [0.4, 0.5) is 0 Å². The molecule has 0 aliphatic carbocycles. The summed E-state index contributed by atoms with van der Waals surface area (Å²) in [5, 5.41) is 4.14. The molecule has 1 aliphatic rings. The van der Waals surface area contributed by atoms with Gasteiger partial charge in [-0.2, -0.15) is 0 Å². The van der Waals surface area contributed by atoms with Gasteiger partial charge in [0.15, 0.2) is 0 Å². The normalized spacial score (nSPS) is 22.9. The zero-order chi connectivity index (χ0) is 14.5. The minimum atomic E-state index is 0.257. The molecule has 3 nitrogen and oxygen atoms in total. The van der Waals surface area contributed by atoms with Gasteiger partial charge in [0.1, 0.15) is 0 Å². The van der Waals surface area contributed by atoms with Crippen molar-refractivity contribution in [2.45, 2.75) is 37.2 Å². The van der Waals surface area contributed by atoms with Gasteiger partial charge in [-0.1, -0.05) is 11.6 Å². The summed E-state index contributed by atoms with van der Waals surface area (Å²) in [6, 6.07) is 8.39. The van der Waals surface area contributed by atoms with Crippen molar-refractivity contribution in [1.82, 2.24) is 10.2 Å². The highest BCUT2D eigenvalue weighted by molar-refractivity contribution is 7.99. The quantitative estimate of drug-likeness (QED) is 0.867. The number of piperazine rings is 1. The molecule has 1 aliphatic heterocycles. The molecule has 1 aromatic rings. The fourth-order valence-electron chi connectivity index (χ4n) is 2.34. The van der Waals surface area contributed by atoms with Crippen LogP contribution in [0.25, 0.3) is 0 Å². The lowest BCUT2D eigenvalue weighted by Gasteiger charge is -2.38. The molecule has 110 valence electrons. The van der Waals surface area contributed by atoms with E-state index in [1.54, 1.807) is 11.8 Å². The summed E-state index contributed by atoms with van der Waals surface area (Å²) in [6.07, 6.45) is 0.588. The number of halogens is 1. The summed E-state index contributed by atoms with van der Waals surface area (Å²) < 4.78 is 0. The minimum absolute atomic E-state index is 0.257. The number of hydrogen-bond donors (Lipinski definition) is 1. The van der Waals surface area contributed by atoms with E-state index in [2.05, 4.69) is 19.2 Å². The molecule has 1 fully saturated rings. The molecule has 2 atom stereocenters. The van der Waals surface area contributed by atoms with Gasteiger partial charge in [-0.15, -0.1) is 11.8 Å². The number of carbonyl (C=O) groups excluding carboxylic acids is 1. The first-order valence-electron chi connectivity index (χ1n) is 6.99. The Kier molecular flexibility index (Phi) is 5.75. The van der Waals surface area contributed by atoms with Crippen LogP contribution >= 0.6 is 23.4 Å². The number of carbonyl (C=O) groups is 1. The highest BCUT2D eigenvalue weighted by Crippen LogP contribution is 2.21. The summed E-state index contributed by atoms with van der Waals surface area (Å²) in [5.41, 5.74) is 0. The van der Waals surface area contributed by atoms with Crippen molar-refractivity contribution < 1.29 is 4.79 Å². The van der Waals surface area contributed by atoms with Gasteiger partial charge in [-0.05, 0) is 38.1 Å². The Hall–Kier alpha value is -0.710. The first kappa shape index (κ1) is 15.7. The lowest BCUT2D eigenvalue weighted by atomic mass is 10.1. The Bertz CT molecular complexity index is 452. The number of amides is 1. The van der Waals surface area contributed by atoms with Crippen molar-refractivity contribution in [2.75, 3.05) is 18.8 Å². The lowest BCUT2D eigenvalue weighted by molar-refractivity contribution is -0.134. The van der Waals surface area contributed by atoms with Crippen molar-refractivity contribution >= 4 is 29.3 Å². The van der Waals surface area contributed by atoms with Gasteiger partial charge in [-0.25, -0.2) is 0 Å². The summed E-state index contributed by atoms with van der Waals surface area (Å²) in [4.78, 5) is 15.4. The Morgan fingerprint density at radius 1 is 1.40 bits per heavy atom. The van der Waals surface area contributed by atoms with Crippen LogP contribution in [0.5, 0.6) is 0 Å². The Morgan fingerprint density at radius 2 is 2.10 bits per heavy atom. The smallest absolute Gasteiger partial charge is 0.223 e. The Balaban J connectivity index is 1.78. The molecule has 1 aromatic carbocycles. The second kappa shape index (κ2) is 7.34. The molecule has 1 amide bonds. The molecule has 1 heterocycles. The number of nitrogens with one attached hydrogen (secondary N) is 1. The van der Waals surface area contributed by atoms with E-state index in [0.717, 1.165) is 28.8 Å². The summed E-state index contributed by atoms with van der Waals surface area (Å²) in [5.74, 6) is 1.07. The first-order chi connectivity index (χ1) is 9.58. The largest absolute Gasteiger partial charge is 0.337 e. The monoisotopic (exact) mass is 312 g/mol. The molecule has 2 rings (SSSR count). The standard InChI is InChI=1S/C15H21ClN2OS/c1-11-12(2)18(9-8-17-11)15(19)7-10-20-14-5-3-13(16)4-6-14/h3-6,11-12,17H,7-10H2,1-2H3. The van der Waals surface area contributed by atoms with E-state index in [0.29, 0.717) is 12.5 Å². The average molecular weight is 313 g/mol. The fourth-order valence-corrected chi connectivity index (χ4v) is 3.31. The zero-order valence-corrected chi connectivity index (χ0v) is 13.5. The molecule has 0 radical (unpaired) electrons. The second-order valence-corrected chi connectivity index (χ2v) is 6.73. The molecule has 0 saturated carbocycles. The van der Waals surface area contributed by atoms with E-state index in [4.69, 9.17) is 11.6 Å². The third-order valence-electron chi connectivity index (χ3n) is 3.75. The number of thioether (sulfide) groups is 1. The SMILES string of the molecule is CC1NCCN(C(=O)CCSc2ccc(Cl)cc2)C1C. The highest BCUT2D eigenvalue weighted by atomic mass is 35.5. The predicted molar refractivity (Wildman–Crippen MR) is 85.4 cm³/mol. The van der Waals surface area contributed by atoms with Gasteiger partial charge >= 0.3 is 0 Å². The van der Waals surface area contributed by atoms with Crippen LogP contribution in [-0.4, -0.2) is 41.7 Å². The summed E-state index contributed by atoms with van der Waals surface area (Å²) >= 11 is 7.55. The van der Waals surface area contributed by atoms with Crippen LogP contribution < -0.4 is 5.32 Å². The van der Waals surface area contributed by atoms with E-state index < -0.39 is 0 Å². The maximum Gasteiger partial charge on any atom is 0.223 e. The van der Waals surface area contributed by atoms with Crippen molar-refractivity contribution in [1.29, 1.82) is 0 Å². The third-order valence-corrected chi connectivity index (χ3v) is 5.02. The second-order valence-electron chi connectivity index (χ2n) is 5.12. The third kappa shape index (κ3) is 4.14. The Labute approximate surface area is 130 Å². The number of nitrogens with zero attached hydrogens (tertiary/aromatic N) is 1. The van der Waals surface area contributed by atoms with Crippen LogP contribution in [-0.2, 0) is 4.79 Å². The van der Waals surface area contributed by atoms with Gasteiger partial charge in [0.2, 0.25) is 5.91 Å². The van der Waals surface area contributed by atoms with Crippen LogP contribution in [0.3, 0.4) is 0 Å². The van der Waals surface area contributed by atoms with E-state index in [1.807, 2.05) is 29.2 Å². The number of rotatable bonds is 4. The lowest BCUT2D eigenvalue weighted by Crippen LogP contribution is -2.57. The maximum atomic E-state index is 12.3. The first-order valence-corrected chi connectivity index (χ1v) is 8.35. The summed E-state index contributed by atoms with van der Waals surface area (Å²) in [6.45, 7) is 5.95. The zero-order valence-electron chi connectivity index (χ0n) is 11.9. The highest BCUT2D eigenvalue weighted by Gasteiger charge is 2.27. The van der Waals surface area contributed by atoms with E-state index >= 15 is 0 Å². The molecule has 5 heteroatoms. The minimum Gasteiger partial charge on any atom is -0.337 e. The molecule has 1 saturated heterocycles. The molecule has 2 unspecified atom stereocenters. The number of benzene rings is 1. The van der Waals surface area contributed by atoms with Gasteiger partial charge in [-0.3, -0.25) is 4.79 Å². The Morgan fingerprint density at radius 3 is 2.80 bits per heavy atom. The van der Waals surface area contributed by atoms with Crippen LogP contribution in [0.2, 0.25) is 5.02 Å². The van der Waals surface area contributed by atoms with Gasteiger partial charge in [0, 0.05) is 47.3 Å². The summed E-state index contributed by atoms with van der Waals surface area (Å²) in [7, 11) is 0. The molecule has 1 N–H and O–H groups in total. The van der Waals surface area contributed by atoms with Crippen molar-refractivity contribution in [3.05, 3.63) is 29.3 Å². The predicted octanol–water partition coefficient (Wildman–Crippen LogP) is 3.03. The fraction of sp³-hybridized carbons (Fsp3) is 0.533. The van der Waals surface area contributed by atoms with E-state index in [-0.39, 0.29) is 11.9 Å². The van der Waals surface area contributed by atoms with Crippen molar-refractivity contribution in [3.63, 3.8) is 0 Å². The van der Waals surface area contributed by atoms with E-state index in [9.17, 15) is 4.79 Å². The molecule has 0 aromatic heterocycles. The topological polar surface area (TPSA) is 32.3 Å². The molecule has 20 heavy (non-hydrogen) atoms. The van der Waals surface area contributed by atoms with Crippen LogP contribution in [0, 0.1) is 0 Å². The molecular formula is C15H21ClN2OS. The molecule has 0 bridgehead atoms. The van der Waals surface area contributed by atoms with Gasteiger partial charge in [0.05, 0.1) is 0 Å². The average Bonchev–Trinajstić information content (AvgIpc) is 2.44. The van der Waals surface area contributed by atoms with Crippen LogP contribution in [0.15, 0.2) is 29.2 Å². The van der Waals surface area contributed by atoms with Crippen LogP contribution in [0.1, 0.15) is 20.3 Å².